The standard InChI is InChI=1S/C78H135NO8/c1-6-8-10-12-14-16-18-20-22-24-26-28-29-30-31-32-33-34-35-36-37-38-39-40-41-42-43-44-45-46-47-49-50-52-54-56-58-60-62-64-66-68-75(80)85-72-74(73-86-78(77(82)83)84-71-70-79(3,4)5)87-76(81)69-67-65-63-61-59-57-55-53-51-48-27-25-23-21-19-17-15-13-11-9-7-2/h9,11,15,17-18,20-21,23-24,26-27,29-30,48,53,55,59,61,74,78H,6-8,10,12-14,16,19,22,25,28,31-47,49-52,54,56-58,60,62-73H2,1-5H3/p+1/b11-9-,17-15-,20-18-,23-21-,26-24-,30-29-,48-27-,55-53-,61-59-. The van der Waals surface area contributed by atoms with Gasteiger partial charge >= 0.3 is 17.9 Å². The monoisotopic (exact) mass is 1220 g/mol. The third-order valence-electron chi connectivity index (χ3n) is 15.5. The van der Waals surface area contributed by atoms with Crippen molar-refractivity contribution in [3.05, 3.63) is 109 Å². The van der Waals surface area contributed by atoms with Crippen LogP contribution in [-0.2, 0) is 33.3 Å². The zero-order valence-electron chi connectivity index (χ0n) is 57.2. The molecule has 0 saturated carbocycles. The Bertz CT molecular complexity index is 1800. The maximum Gasteiger partial charge on any atom is 0.361 e. The van der Waals surface area contributed by atoms with Crippen molar-refractivity contribution in [3.63, 3.8) is 0 Å². The number of carbonyl (C=O) groups excluding carboxylic acids is 2. The molecule has 9 nitrogen and oxygen atoms in total. The van der Waals surface area contributed by atoms with Crippen LogP contribution in [0.1, 0.15) is 309 Å². The van der Waals surface area contributed by atoms with Crippen molar-refractivity contribution in [1.29, 1.82) is 0 Å². The fourth-order valence-corrected chi connectivity index (χ4v) is 10.0. The first-order chi connectivity index (χ1) is 42.6. The summed E-state index contributed by atoms with van der Waals surface area (Å²) < 4.78 is 22.9. The van der Waals surface area contributed by atoms with E-state index in [1.807, 2.05) is 21.1 Å². The predicted molar refractivity (Wildman–Crippen MR) is 373 cm³/mol. The lowest BCUT2D eigenvalue weighted by Gasteiger charge is -2.25. The summed E-state index contributed by atoms with van der Waals surface area (Å²) >= 11 is 0. The van der Waals surface area contributed by atoms with Gasteiger partial charge in [-0.3, -0.25) is 9.59 Å². The number of carboxylic acids is 1. The molecular weight excluding hydrogens is 1080 g/mol. The van der Waals surface area contributed by atoms with Crippen molar-refractivity contribution in [2.75, 3.05) is 47.5 Å². The van der Waals surface area contributed by atoms with E-state index in [1.54, 1.807) is 0 Å². The summed E-state index contributed by atoms with van der Waals surface area (Å²) in [6, 6.07) is 0. The van der Waals surface area contributed by atoms with Crippen molar-refractivity contribution < 1.29 is 42.9 Å². The molecule has 500 valence electrons. The Kier molecular flexibility index (Phi) is 64.7. The van der Waals surface area contributed by atoms with Crippen LogP contribution < -0.4 is 0 Å². The topological polar surface area (TPSA) is 108 Å². The number of ether oxygens (including phenoxy) is 4. The molecule has 2 unspecified atom stereocenters. The number of quaternary nitrogens is 1. The van der Waals surface area contributed by atoms with Gasteiger partial charge in [0.15, 0.2) is 6.10 Å². The number of likely N-dealkylation sites (N-methyl/N-ethyl adjacent to an activating group) is 1. The summed E-state index contributed by atoms with van der Waals surface area (Å²) in [7, 11) is 5.96. The Balaban J connectivity index is 4.01. The number of aliphatic carboxylic acids is 1. The highest BCUT2D eigenvalue weighted by atomic mass is 16.7. The number of rotatable bonds is 66. The molecule has 0 aromatic heterocycles. The van der Waals surface area contributed by atoms with Crippen molar-refractivity contribution in [2.45, 2.75) is 322 Å². The van der Waals surface area contributed by atoms with Crippen molar-refractivity contribution in [2.24, 2.45) is 0 Å². The number of hydrogen-bond donors (Lipinski definition) is 1. The molecule has 0 aromatic rings. The van der Waals surface area contributed by atoms with Crippen LogP contribution >= 0.6 is 0 Å². The first kappa shape index (κ1) is 83.0. The number of unbranched alkanes of at least 4 members (excludes halogenated alkanes) is 33. The van der Waals surface area contributed by atoms with Crippen molar-refractivity contribution in [3.8, 4) is 0 Å². The average molecular weight is 1220 g/mol. The number of esters is 2. The molecule has 1 N–H and O–H groups in total. The quantitative estimate of drug-likeness (QED) is 0.0211. The van der Waals surface area contributed by atoms with E-state index in [-0.39, 0.29) is 32.2 Å². The van der Waals surface area contributed by atoms with Gasteiger partial charge in [0.05, 0.1) is 34.4 Å². The molecule has 0 aliphatic rings. The molecule has 87 heavy (non-hydrogen) atoms. The highest BCUT2D eigenvalue weighted by Crippen LogP contribution is 2.18. The summed E-state index contributed by atoms with van der Waals surface area (Å²) in [6.45, 7) is 4.72. The first-order valence-corrected chi connectivity index (χ1v) is 36.1. The molecule has 0 saturated heterocycles. The van der Waals surface area contributed by atoms with E-state index in [9.17, 15) is 19.5 Å². The van der Waals surface area contributed by atoms with Crippen LogP contribution in [0.2, 0.25) is 0 Å². The zero-order chi connectivity index (χ0) is 63.3. The van der Waals surface area contributed by atoms with E-state index >= 15 is 0 Å². The van der Waals surface area contributed by atoms with Gasteiger partial charge in [0, 0.05) is 12.8 Å². The van der Waals surface area contributed by atoms with Crippen LogP contribution in [-0.4, -0.2) is 87.4 Å². The molecular formula is C78H136NO8+. The fraction of sp³-hybridized carbons (Fsp3) is 0.731. The normalized spacial score (nSPS) is 13.3. The molecule has 0 heterocycles. The molecule has 0 aliphatic carbocycles. The molecule has 0 rings (SSSR count). The van der Waals surface area contributed by atoms with Crippen LogP contribution in [0.4, 0.5) is 0 Å². The molecule has 0 radical (unpaired) electrons. The van der Waals surface area contributed by atoms with Crippen LogP contribution in [0.5, 0.6) is 0 Å². The first-order valence-electron chi connectivity index (χ1n) is 36.1. The van der Waals surface area contributed by atoms with Gasteiger partial charge in [0.1, 0.15) is 13.2 Å². The van der Waals surface area contributed by atoms with Gasteiger partial charge in [-0.15, -0.1) is 0 Å². The summed E-state index contributed by atoms with van der Waals surface area (Å²) in [5.41, 5.74) is 0. The number of nitrogens with zero attached hydrogens (tertiary/aromatic N) is 1. The Morgan fingerprint density at radius 1 is 0.356 bits per heavy atom. The molecule has 0 aliphatic heterocycles. The molecule has 2 atom stereocenters. The number of carbonyl (C=O) groups is 3. The van der Waals surface area contributed by atoms with Crippen LogP contribution in [0, 0.1) is 0 Å². The second kappa shape index (κ2) is 67.9. The van der Waals surface area contributed by atoms with Gasteiger partial charge < -0.3 is 28.5 Å². The molecule has 0 spiro atoms. The maximum atomic E-state index is 12.9. The average Bonchev–Trinajstić information content (AvgIpc) is 3.57. The smallest absolute Gasteiger partial charge is 0.361 e. The predicted octanol–water partition coefficient (Wildman–Crippen LogP) is 22.6. The highest BCUT2D eigenvalue weighted by Gasteiger charge is 2.25. The van der Waals surface area contributed by atoms with Gasteiger partial charge in [0.25, 0.3) is 6.29 Å². The summed E-state index contributed by atoms with van der Waals surface area (Å²) in [4.78, 5) is 37.6. The number of hydrogen-bond acceptors (Lipinski definition) is 7. The number of allylic oxidation sites excluding steroid dienone is 18. The molecule has 0 amide bonds. The van der Waals surface area contributed by atoms with Crippen LogP contribution in [0.25, 0.3) is 0 Å². The number of carboxylic acid groups (broad SMARTS) is 1. The lowest BCUT2D eigenvalue weighted by atomic mass is 10.0. The fourth-order valence-electron chi connectivity index (χ4n) is 10.0. The summed E-state index contributed by atoms with van der Waals surface area (Å²) in [5, 5.41) is 9.73. The van der Waals surface area contributed by atoms with E-state index in [0.29, 0.717) is 23.9 Å². The Morgan fingerprint density at radius 2 is 0.655 bits per heavy atom. The maximum absolute atomic E-state index is 12.9. The van der Waals surface area contributed by atoms with Gasteiger partial charge in [-0.25, -0.2) is 4.79 Å². The lowest BCUT2D eigenvalue weighted by molar-refractivity contribution is -0.870. The zero-order valence-corrected chi connectivity index (χ0v) is 57.2. The summed E-state index contributed by atoms with van der Waals surface area (Å²) in [5.74, 6) is -2.06. The van der Waals surface area contributed by atoms with E-state index in [4.69, 9.17) is 18.9 Å². The minimum absolute atomic E-state index is 0.175. The van der Waals surface area contributed by atoms with Crippen LogP contribution in [0.3, 0.4) is 0 Å². The largest absolute Gasteiger partial charge is 0.477 e. The Morgan fingerprint density at radius 3 is 1.00 bits per heavy atom. The Hall–Kier alpha value is -4.05. The molecule has 0 bridgehead atoms. The molecule has 9 heteroatoms. The van der Waals surface area contributed by atoms with Crippen molar-refractivity contribution in [1.82, 2.24) is 0 Å². The third kappa shape index (κ3) is 69.3. The third-order valence-corrected chi connectivity index (χ3v) is 15.5. The van der Waals surface area contributed by atoms with Gasteiger partial charge in [0.2, 0.25) is 0 Å². The van der Waals surface area contributed by atoms with Crippen molar-refractivity contribution >= 4 is 17.9 Å². The Labute approximate surface area is 536 Å². The van der Waals surface area contributed by atoms with Gasteiger partial charge in [-0.1, -0.05) is 303 Å². The van der Waals surface area contributed by atoms with E-state index < -0.39 is 24.3 Å². The van der Waals surface area contributed by atoms with E-state index in [2.05, 4.69) is 123 Å². The minimum atomic E-state index is -1.53. The second-order valence-electron chi connectivity index (χ2n) is 25.2. The lowest BCUT2D eigenvalue weighted by Crippen LogP contribution is -2.40. The van der Waals surface area contributed by atoms with Crippen LogP contribution in [0.15, 0.2) is 109 Å². The van der Waals surface area contributed by atoms with E-state index in [1.165, 1.54) is 193 Å². The van der Waals surface area contributed by atoms with E-state index in [0.717, 1.165) is 83.5 Å². The van der Waals surface area contributed by atoms with Gasteiger partial charge in [-0.2, -0.15) is 0 Å². The highest BCUT2D eigenvalue weighted by molar-refractivity contribution is 5.71. The van der Waals surface area contributed by atoms with Gasteiger partial charge in [-0.05, 0) is 103 Å². The second-order valence-corrected chi connectivity index (χ2v) is 25.2. The molecule has 0 fully saturated rings. The molecule has 0 aromatic carbocycles. The minimum Gasteiger partial charge on any atom is -0.477 e. The SMILES string of the molecule is CC/C=C\C/C=C\C/C=C\C/C=C\C/C=C\C/C=C\CCCCC(=O)OC(COC(=O)CCCCCCCCCCCCCCCCCCCCCCCCCCCC/C=C\C/C=C\C/C=C\CCCCCCC)COC(OCC[N+](C)(C)C)C(=O)O. The summed E-state index contributed by atoms with van der Waals surface area (Å²) in [6.07, 6.45) is 92.4.